The quantitative estimate of drug-likeness (QED) is 0.764. The van der Waals surface area contributed by atoms with E-state index < -0.39 is 5.97 Å². The van der Waals surface area contributed by atoms with Crippen molar-refractivity contribution in [3.63, 3.8) is 0 Å². The fourth-order valence-electron chi connectivity index (χ4n) is 2.07. The lowest BCUT2D eigenvalue weighted by molar-refractivity contribution is -0.136. The number of nitrogens with one attached hydrogen (secondary N) is 2. The number of amides is 1. The predicted molar refractivity (Wildman–Crippen MR) is 80.1 cm³/mol. The average Bonchev–Trinajstić information content (AvgIpc) is 2.41. The molecule has 0 saturated carbocycles. The van der Waals surface area contributed by atoms with Crippen molar-refractivity contribution < 1.29 is 14.7 Å². The summed E-state index contributed by atoms with van der Waals surface area (Å²) in [4.78, 5) is 22.5. The average molecular weight is 294 g/mol. The van der Waals surface area contributed by atoms with E-state index in [1.54, 1.807) is 24.3 Å². The van der Waals surface area contributed by atoms with Gasteiger partial charge in [0.25, 0.3) is 0 Å². The van der Waals surface area contributed by atoms with Gasteiger partial charge in [0.2, 0.25) is 5.91 Å². The summed E-state index contributed by atoms with van der Waals surface area (Å²) in [6.07, 6.45) is 0.460. The van der Waals surface area contributed by atoms with Crippen molar-refractivity contribution in [2.75, 3.05) is 23.4 Å². The summed E-state index contributed by atoms with van der Waals surface area (Å²) >= 11 is 1.86. The Morgan fingerprint density at radius 2 is 2.10 bits per heavy atom. The Balaban J connectivity index is 1.82. The van der Waals surface area contributed by atoms with E-state index in [1.807, 2.05) is 11.8 Å². The molecule has 1 fully saturated rings. The summed E-state index contributed by atoms with van der Waals surface area (Å²) in [6.45, 7) is 0.951. The van der Waals surface area contributed by atoms with E-state index in [0.717, 1.165) is 23.6 Å². The number of rotatable bonds is 5. The number of thioether (sulfide) groups is 1. The van der Waals surface area contributed by atoms with Gasteiger partial charge in [0.1, 0.15) is 0 Å². The first-order chi connectivity index (χ1) is 9.63. The van der Waals surface area contributed by atoms with Crippen LogP contribution in [0.1, 0.15) is 12.0 Å². The van der Waals surface area contributed by atoms with E-state index in [-0.39, 0.29) is 18.4 Å². The molecule has 5 nitrogen and oxygen atoms in total. The maximum atomic E-state index is 11.9. The molecule has 1 atom stereocenters. The third-order valence-electron chi connectivity index (χ3n) is 3.02. The monoisotopic (exact) mass is 294 g/mol. The normalized spacial score (nSPS) is 18.5. The molecule has 0 aliphatic carbocycles. The molecule has 1 unspecified atom stereocenters. The molecule has 1 aromatic rings. The first-order valence-electron chi connectivity index (χ1n) is 6.55. The molecule has 108 valence electrons. The molecule has 1 amide bonds. The third kappa shape index (κ3) is 4.86. The zero-order valence-corrected chi connectivity index (χ0v) is 11.9. The molecular weight excluding hydrogens is 276 g/mol. The van der Waals surface area contributed by atoms with Crippen LogP contribution in [0.2, 0.25) is 0 Å². The van der Waals surface area contributed by atoms with Gasteiger partial charge in [-0.25, -0.2) is 0 Å². The van der Waals surface area contributed by atoms with Crippen molar-refractivity contribution in [3.05, 3.63) is 29.8 Å². The van der Waals surface area contributed by atoms with Crippen LogP contribution in [-0.4, -0.2) is 41.1 Å². The van der Waals surface area contributed by atoms with E-state index >= 15 is 0 Å². The van der Waals surface area contributed by atoms with Gasteiger partial charge in [0.15, 0.2) is 0 Å². The van der Waals surface area contributed by atoms with Crippen LogP contribution < -0.4 is 10.6 Å². The van der Waals surface area contributed by atoms with Gasteiger partial charge in [-0.1, -0.05) is 12.1 Å². The van der Waals surface area contributed by atoms with Crippen LogP contribution in [0.5, 0.6) is 0 Å². The van der Waals surface area contributed by atoms with Crippen molar-refractivity contribution in [3.8, 4) is 0 Å². The standard InChI is InChI=1S/C14H18N2O3S/c17-13(8-12-9-20-6-5-15-12)16-11-3-1-10(2-4-11)7-14(18)19/h1-4,12,15H,5-9H2,(H,16,17)(H,18,19). The van der Waals surface area contributed by atoms with Crippen molar-refractivity contribution in [2.24, 2.45) is 0 Å². The summed E-state index contributed by atoms with van der Waals surface area (Å²) in [6, 6.07) is 7.15. The Kier molecular flexibility index (Phi) is 5.43. The Bertz CT molecular complexity index is 470. The molecule has 0 radical (unpaired) electrons. The van der Waals surface area contributed by atoms with Gasteiger partial charge in [0, 0.05) is 36.2 Å². The molecule has 6 heteroatoms. The van der Waals surface area contributed by atoms with Crippen molar-refractivity contribution >= 4 is 29.3 Å². The van der Waals surface area contributed by atoms with Gasteiger partial charge in [-0.2, -0.15) is 11.8 Å². The highest BCUT2D eigenvalue weighted by atomic mass is 32.2. The first kappa shape index (κ1) is 14.9. The Labute approximate surface area is 122 Å². The van der Waals surface area contributed by atoms with Gasteiger partial charge in [0.05, 0.1) is 6.42 Å². The van der Waals surface area contributed by atoms with E-state index in [2.05, 4.69) is 10.6 Å². The number of carboxylic acid groups (broad SMARTS) is 1. The van der Waals surface area contributed by atoms with Crippen LogP contribution in [0.3, 0.4) is 0 Å². The van der Waals surface area contributed by atoms with Crippen molar-refractivity contribution in [1.29, 1.82) is 0 Å². The minimum absolute atomic E-state index is 0.00254. The summed E-state index contributed by atoms with van der Waals surface area (Å²) in [7, 11) is 0. The molecule has 3 N–H and O–H groups in total. The highest BCUT2D eigenvalue weighted by molar-refractivity contribution is 7.99. The molecule has 1 aliphatic heterocycles. The van der Waals surface area contributed by atoms with Crippen LogP contribution in [0.25, 0.3) is 0 Å². The lowest BCUT2D eigenvalue weighted by Gasteiger charge is -2.22. The zero-order chi connectivity index (χ0) is 14.4. The minimum atomic E-state index is -0.859. The molecule has 2 rings (SSSR count). The first-order valence-corrected chi connectivity index (χ1v) is 7.70. The number of anilines is 1. The summed E-state index contributed by atoms with van der Waals surface area (Å²) in [5, 5.41) is 14.8. The van der Waals surface area contributed by atoms with Gasteiger partial charge in [-0.15, -0.1) is 0 Å². The van der Waals surface area contributed by atoms with Crippen molar-refractivity contribution in [1.82, 2.24) is 5.32 Å². The molecule has 0 spiro atoms. The molecule has 20 heavy (non-hydrogen) atoms. The molecule has 1 aliphatic rings. The molecule has 0 bridgehead atoms. The second kappa shape index (κ2) is 7.31. The molecule has 0 aromatic heterocycles. The number of carbonyl (C=O) groups excluding carboxylic acids is 1. The highest BCUT2D eigenvalue weighted by Gasteiger charge is 2.16. The number of aliphatic carboxylic acids is 1. The maximum absolute atomic E-state index is 11.9. The smallest absolute Gasteiger partial charge is 0.307 e. The molecule has 1 heterocycles. The molecule has 1 saturated heterocycles. The lowest BCUT2D eigenvalue weighted by atomic mass is 10.1. The Morgan fingerprint density at radius 1 is 1.35 bits per heavy atom. The van der Waals surface area contributed by atoms with Gasteiger partial charge >= 0.3 is 5.97 Å². The third-order valence-corrected chi connectivity index (χ3v) is 4.15. The van der Waals surface area contributed by atoms with Gasteiger partial charge < -0.3 is 15.7 Å². The SMILES string of the molecule is O=C(O)Cc1ccc(NC(=O)CC2CSCCN2)cc1. The highest BCUT2D eigenvalue weighted by Crippen LogP contribution is 2.13. The number of carboxylic acids is 1. The fourth-order valence-corrected chi connectivity index (χ4v) is 3.02. The van der Waals surface area contributed by atoms with Crippen LogP contribution in [0.15, 0.2) is 24.3 Å². The maximum Gasteiger partial charge on any atom is 0.307 e. The van der Waals surface area contributed by atoms with E-state index in [9.17, 15) is 9.59 Å². The van der Waals surface area contributed by atoms with E-state index in [1.165, 1.54) is 0 Å². The van der Waals surface area contributed by atoms with Crippen LogP contribution in [0.4, 0.5) is 5.69 Å². The van der Waals surface area contributed by atoms with Crippen molar-refractivity contribution in [2.45, 2.75) is 18.9 Å². The largest absolute Gasteiger partial charge is 0.481 e. The Morgan fingerprint density at radius 3 is 2.70 bits per heavy atom. The number of carbonyl (C=O) groups is 2. The number of hydrogen-bond donors (Lipinski definition) is 3. The molecule has 1 aromatic carbocycles. The van der Waals surface area contributed by atoms with Crippen LogP contribution >= 0.6 is 11.8 Å². The number of benzene rings is 1. The van der Waals surface area contributed by atoms with Crippen LogP contribution in [0, 0.1) is 0 Å². The molecular formula is C14H18N2O3S. The van der Waals surface area contributed by atoms with E-state index in [4.69, 9.17) is 5.11 Å². The topological polar surface area (TPSA) is 78.4 Å². The second-order valence-electron chi connectivity index (χ2n) is 4.75. The fraction of sp³-hybridized carbons (Fsp3) is 0.429. The summed E-state index contributed by atoms with van der Waals surface area (Å²) < 4.78 is 0. The minimum Gasteiger partial charge on any atom is -0.481 e. The second-order valence-corrected chi connectivity index (χ2v) is 5.90. The summed E-state index contributed by atoms with van der Waals surface area (Å²) in [5.74, 6) is 1.19. The Hall–Kier alpha value is -1.53. The van der Waals surface area contributed by atoms with Crippen LogP contribution in [-0.2, 0) is 16.0 Å². The summed E-state index contributed by atoms with van der Waals surface area (Å²) in [5.41, 5.74) is 1.42. The van der Waals surface area contributed by atoms with Gasteiger partial charge in [-0.05, 0) is 17.7 Å². The predicted octanol–water partition coefficient (Wildman–Crippen LogP) is 1.35. The van der Waals surface area contributed by atoms with E-state index in [0.29, 0.717) is 12.1 Å². The zero-order valence-electron chi connectivity index (χ0n) is 11.1. The van der Waals surface area contributed by atoms with Gasteiger partial charge in [-0.3, -0.25) is 9.59 Å². The lowest BCUT2D eigenvalue weighted by Crippen LogP contribution is -2.39. The number of hydrogen-bond acceptors (Lipinski definition) is 4.